The van der Waals surface area contributed by atoms with E-state index in [0.717, 1.165) is 4.40 Å². The minimum absolute atomic E-state index is 0.0273. The second kappa shape index (κ2) is 7.94. The summed E-state index contributed by atoms with van der Waals surface area (Å²) in [7, 11) is -3.75. The van der Waals surface area contributed by atoms with E-state index >= 15 is 0 Å². The van der Waals surface area contributed by atoms with E-state index < -0.39 is 43.7 Å². The standard InChI is InChI=1S/C17H14F3N5O5S/c1-2-7-31(29,30)16-23-22-14-6-4-11(9-24(14)16)21-15(26)12-5-3-10(17(18,19)20)8-13(12)25(27)28/h3-6,8-9H,2,7H2,1H3,(H,21,26). The van der Waals surface area contributed by atoms with Crippen LogP contribution in [0.25, 0.3) is 5.65 Å². The zero-order chi connectivity index (χ0) is 23.0. The van der Waals surface area contributed by atoms with Gasteiger partial charge in [-0.15, -0.1) is 10.2 Å². The van der Waals surface area contributed by atoms with Crippen molar-refractivity contribution in [1.29, 1.82) is 0 Å². The molecule has 2 heterocycles. The van der Waals surface area contributed by atoms with Crippen LogP contribution in [0.1, 0.15) is 29.3 Å². The van der Waals surface area contributed by atoms with E-state index in [-0.39, 0.29) is 28.3 Å². The minimum atomic E-state index is -4.82. The lowest BCUT2D eigenvalue weighted by molar-refractivity contribution is -0.385. The summed E-state index contributed by atoms with van der Waals surface area (Å²) in [4.78, 5) is 22.6. The molecule has 0 aliphatic heterocycles. The Hall–Kier alpha value is -3.55. The highest BCUT2D eigenvalue weighted by molar-refractivity contribution is 7.91. The van der Waals surface area contributed by atoms with Crippen molar-refractivity contribution in [2.45, 2.75) is 24.7 Å². The van der Waals surface area contributed by atoms with Crippen molar-refractivity contribution in [1.82, 2.24) is 14.6 Å². The molecule has 0 spiro atoms. The van der Waals surface area contributed by atoms with Gasteiger partial charge in [0.05, 0.1) is 21.9 Å². The van der Waals surface area contributed by atoms with Crippen LogP contribution in [0.4, 0.5) is 24.5 Å². The summed E-state index contributed by atoms with van der Waals surface area (Å²) in [6.07, 6.45) is -3.28. The molecule has 2 aromatic heterocycles. The summed E-state index contributed by atoms with van der Waals surface area (Å²) in [5.74, 6) is -1.23. The number of halogens is 3. The second-order valence-electron chi connectivity index (χ2n) is 6.39. The third kappa shape index (κ3) is 4.47. The molecule has 0 radical (unpaired) electrons. The van der Waals surface area contributed by atoms with Gasteiger partial charge in [-0.05, 0) is 30.7 Å². The fourth-order valence-corrected chi connectivity index (χ4v) is 4.10. The minimum Gasteiger partial charge on any atom is -0.320 e. The number of hydrogen-bond acceptors (Lipinski definition) is 7. The number of sulfone groups is 1. The van der Waals surface area contributed by atoms with Gasteiger partial charge in [0.2, 0.25) is 9.84 Å². The number of fused-ring (bicyclic) bond motifs is 1. The van der Waals surface area contributed by atoms with Crippen molar-refractivity contribution < 1.29 is 31.3 Å². The van der Waals surface area contributed by atoms with Gasteiger partial charge in [-0.1, -0.05) is 6.92 Å². The predicted molar refractivity (Wildman–Crippen MR) is 101 cm³/mol. The molecule has 0 bridgehead atoms. The van der Waals surface area contributed by atoms with Gasteiger partial charge in [0.1, 0.15) is 5.56 Å². The van der Waals surface area contributed by atoms with Gasteiger partial charge in [-0.25, -0.2) is 8.42 Å². The second-order valence-corrected chi connectivity index (χ2v) is 8.39. The fraction of sp³-hybridized carbons (Fsp3) is 0.235. The highest BCUT2D eigenvalue weighted by atomic mass is 32.2. The summed E-state index contributed by atoms with van der Waals surface area (Å²) in [6, 6.07) is 4.22. The number of amides is 1. The summed E-state index contributed by atoms with van der Waals surface area (Å²) in [6.45, 7) is 1.67. The fourth-order valence-electron chi connectivity index (χ4n) is 2.77. The first-order valence-corrected chi connectivity index (χ1v) is 10.3. The number of benzene rings is 1. The first kappa shape index (κ1) is 22.1. The molecule has 0 atom stereocenters. The van der Waals surface area contributed by atoms with Gasteiger partial charge >= 0.3 is 6.18 Å². The number of nitrogens with one attached hydrogen (secondary N) is 1. The van der Waals surface area contributed by atoms with E-state index in [1.165, 1.54) is 18.3 Å². The number of anilines is 1. The van der Waals surface area contributed by atoms with E-state index in [1.807, 2.05) is 0 Å². The summed E-state index contributed by atoms with van der Waals surface area (Å²) in [5.41, 5.74) is -2.69. The molecule has 1 N–H and O–H groups in total. The number of nitrogens with zero attached hydrogens (tertiary/aromatic N) is 4. The van der Waals surface area contributed by atoms with E-state index in [1.54, 1.807) is 6.92 Å². The monoisotopic (exact) mass is 457 g/mol. The summed E-state index contributed by atoms with van der Waals surface area (Å²) in [5, 5.41) is 20.5. The van der Waals surface area contributed by atoms with Crippen LogP contribution in [0.5, 0.6) is 0 Å². The average molecular weight is 457 g/mol. The topological polar surface area (TPSA) is 137 Å². The van der Waals surface area contributed by atoms with Crippen molar-refractivity contribution in [3.8, 4) is 0 Å². The molecule has 164 valence electrons. The van der Waals surface area contributed by atoms with Crippen LogP contribution in [0.3, 0.4) is 0 Å². The molecule has 0 saturated carbocycles. The Morgan fingerprint density at radius 2 is 1.94 bits per heavy atom. The van der Waals surface area contributed by atoms with Crippen LogP contribution < -0.4 is 5.32 Å². The first-order valence-electron chi connectivity index (χ1n) is 8.68. The van der Waals surface area contributed by atoms with Crippen LogP contribution >= 0.6 is 0 Å². The van der Waals surface area contributed by atoms with Crippen LogP contribution in [0.2, 0.25) is 0 Å². The number of aromatic nitrogens is 3. The van der Waals surface area contributed by atoms with Crippen LogP contribution in [0.15, 0.2) is 41.7 Å². The molecule has 0 fully saturated rings. The summed E-state index contributed by atoms with van der Waals surface area (Å²) >= 11 is 0. The Bertz CT molecular complexity index is 1290. The third-order valence-corrected chi connectivity index (χ3v) is 5.93. The lowest BCUT2D eigenvalue weighted by atomic mass is 10.1. The quantitative estimate of drug-likeness (QED) is 0.444. The molecular weight excluding hydrogens is 443 g/mol. The zero-order valence-electron chi connectivity index (χ0n) is 15.8. The summed E-state index contributed by atoms with van der Waals surface area (Å²) < 4.78 is 64.3. The van der Waals surface area contributed by atoms with E-state index in [0.29, 0.717) is 18.6 Å². The number of pyridine rings is 1. The number of carbonyl (C=O) groups excluding carboxylic acids is 1. The van der Waals surface area contributed by atoms with Gasteiger partial charge < -0.3 is 5.32 Å². The van der Waals surface area contributed by atoms with Gasteiger partial charge in [0.25, 0.3) is 16.8 Å². The number of rotatable bonds is 6. The van der Waals surface area contributed by atoms with Crippen molar-refractivity contribution in [2.75, 3.05) is 11.1 Å². The van der Waals surface area contributed by atoms with E-state index in [2.05, 4.69) is 15.5 Å². The Balaban J connectivity index is 1.98. The lowest BCUT2D eigenvalue weighted by Crippen LogP contribution is -2.16. The largest absolute Gasteiger partial charge is 0.416 e. The molecule has 10 nitrogen and oxygen atoms in total. The maximum absolute atomic E-state index is 12.8. The molecule has 3 rings (SSSR count). The third-order valence-electron chi connectivity index (χ3n) is 4.15. The van der Waals surface area contributed by atoms with Crippen LogP contribution in [-0.4, -0.2) is 39.6 Å². The van der Waals surface area contributed by atoms with Crippen molar-refractivity contribution in [2.24, 2.45) is 0 Å². The normalized spacial score (nSPS) is 12.1. The maximum Gasteiger partial charge on any atom is 0.416 e. The SMILES string of the molecule is CCCS(=O)(=O)c1nnc2ccc(NC(=O)c3ccc(C(F)(F)F)cc3[N+](=O)[O-])cn12. The molecular formula is C17H14F3N5O5S. The molecule has 0 aliphatic carbocycles. The Morgan fingerprint density at radius 3 is 2.55 bits per heavy atom. The number of nitro benzene ring substituents is 1. The molecule has 31 heavy (non-hydrogen) atoms. The average Bonchev–Trinajstić information content (AvgIpc) is 3.11. The molecule has 14 heteroatoms. The van der Waals surface area contributed by atoms with E-state index in [9.17, 15) is 36.5 Å². The van der Waals surface area contributed by atoms with Crippen molar-refractivity contribution in [3.63, 3.8) is 0 Å². The van der Waals surface area contributed by atoms with Gasteiger partial charge in [0, 0.05) is 12.3 Å². The van der Waals surface area contributed by atoms with Gasteiger partial charge in [-0.2, -0.15) is 13.2 Å². The Kier molecular flexibility index (Phi) is 5.67. The van der Waals surface area contributed by atoms with E-state index in [4.69, 9.17) is 0 Å². The predicted octanol–water partition coefficient (Wildman–Crippen LogP) is 3.09. The Morgan fingerprint density at radius 1 is 1.23 bits per heavy atom. The van der Waals surface area contributed by atoms with Crippen LogP contribution in [0, 0.1) is 10.1 Å². The van der Waals surface area contributed by atoms with Gasteiger partial charge in [0.15, 0.2) is 5.65 Å². The first-order chi connectivity index (χ1) is 14.4. The zero-order valence-corrected chi connectivity index (χ0v) is 16.6. The number of nitro groups is 1. The van der Waals surface area contributed by atoms with Crippen LogP contribution in [-0.2, 0) is 16.0 Å². The molecule has 0 saturated heterocycles. The molecule has 1 amide bonds. The molecule has 3 aromatic rings. The highest BCUT2D eigenvalue weighted by Gasteiger charge is 2.34. The highest BCUT2D eigenvalue weighted by Crippen LogP contribution is 2.33. The van der Waals surface area contributed by atoms with Crippen molar-refractivity contribution in [3.05, 3.63) is 57.8 Å². The molecule has 1 aromatic carbocycles. The van der Waals surface area contributed by atoms with Gasteiger partial charge in [-0.3, -0.25) is 19.3 Å². The number of hydrogen-bond donors (Lipinski definition) is 1. The van der Waals surface area contributed by atoms with Crippen molar-refractivity contribution >= 4 is 32.8 Å². The Labute approximate surface area is 172 Å². The number of carbonyl (C=O) groups is 1. The smallest absolute Gasteiger partial charge is 0.320 e. The number of alkyl halides is 3. The molecule has 0 unspecified atom stereocenters. The lowest BCUT2D eigenvalue weighted by Gasteiger charge is -2.10. The molecule has 0 aliphatic rings. The maximum atomic E-state index is 12.8.